The van der Waals surface area contributed by atoms with Crippen molar-refractivity contribution < 1.29 is 19.1 Å². The topological polar surface area (TPSA) is 122 Å². The Bertz CT molecular complexity index is 1220. The molecule has 9 nitrogen and oxygen atoms in total. The van der Waals surface area contributed by atoms with Gasteiger partial charge in [0.25, 0.3) is 5.56 Å². The monoisotopic (exact) mass is 488 g/mol. The summed E-state index contributed by atoms with van der Waals surface area (Å²) in [6.07, 6.45) is 2.47. The van der Waals surface area contributed by atoms with Crippen LogP contribution in [0.25, 0.3) is 10.2 Å². The highest BCUT2D eigenvalue weighted by Gasteiger charge is 2.21. The number of carbonyl (C=O) groups excluding carboxylic acids is 2. The number of aromatic nitrogens is 2. The van der Waals surface area contributed by atoms with Gasteiger partial charge in [-0.1, -0.05) is 6.07 Å². The molecule has 3 N–H and O–H groups in total. The molecule has 0 saturated carbocycles. The highest BCUT2D eigenvalue weighted by Crippen LogP contribution is 2.34. The number of nitrogens with one attached hydrogen (secondary N) is 3. The first-order valence-corrected chi connectivity index (χ1v) is 12.4. The first-order valence-electron chi connectivity index (χ1n) is 10.5. The second-order valence-electron chi connectivity index (χ2n) is 7.43. The number of thiophene rings is 1. The molecule has 3 aromatic rings. The van der Waals surface area contributed by atoms with Crippen molar-refractivity contribution in [2.75, 3.05) is 36.7 Å². The molecule has 2 heterocycles. The molecule has 33 heavy (non-hydrogen) atoms. The van der Waals surface area contributed by atoms with Crippen LogP contribution in [0.2, 0.25) is 0 Å². The molecule has 11 heteroatoms. The third-order valence-corrected chi connectivity index (χ3v) is 7.14. The molecule has 0 bridgehead atoms. The predicted octanol–water partition coefficient (Wildman–Crippen LogP) is 3.54. The number of carbonyl (C=O) groups is 2. The van der Waals surface area contributed by atoms with Gasteiger partial charge < -0.3 is 19.8 Å². The summed E-state index contributed by atoms with van der Waals surface area (Å²) in [6.45, 7) is 0.464. The van der Waals surface area contributed by atoms with Gasteiger partial charge in [0.15, 0.2) is 0 Å². The summed E-state index contributed by atoms with van der Waals surface area (Å²) in [4.78, 5) is 46.1. The maximum atomic E-state index is 12.5. The lowest BCUT2D eigenvalue weighted by Gasteiger charge is -2.09. The minimum Gasteiger partial charge on any atom is -0.447 e. The molecule has 0 saturated heterocycles. The number of amides is 2. The largest absolute Gasteiger partial charge is 0.447 e. The fourth-order valence-electron chi connectivity index (χ4n) is 3.60. The van der Waals surface area contributed by atoms with Crippen LogP contribution in [0.4, 0.5) is 16.2 Å². The van der Waals surface area contributed by atoms with E-state index in [1.54, 1.807) is 35.6 Å². The summed E-state index contributed by atoms with van der Waals surface area (Å²) in [5.74, 6) is 0.997. The van der Waals surface area contributed by atoms with Crippen molar-refractivity contribution in [3.63, 3.8) is 0 Å². The number of hydrogen-bond acceptors (Lipinski definition) is 8. The van der Waals surface area contributed by atoms with Crippen molar-refractivity contribution in [1.29, 1.82) is 0 Å². The average molecular weight is 489 g/mol. The summed E-state index contributed by atoms with van der Waals surface area (Å²) < 4.78 is 9.79. The Kier molecular flexibility index (Phi) is 7.63. The summed E-state index contributed by atoms with van der Waals surface area (Å²) in [6, 6.07) is 6.78. The van der Waals surface area contributed by atoms with Gasteiger partial charge in [0.2, 0.25) is 5.91 Å². The van der Waals surface area contributed by atoms with Crippen LogP contribution in [0.5, 0.6) is 0 Å². The zero-order valence-corrected chi connectivity index (χ0v) is 19.7. The fourth-order valence-corrected chi connectivity index (χ4v) is 5.57. The predicted molar refractivity (Wildman–Crippen MR) is 130 cm³/mol. The Hall–Kier alpha value is -2.89. The van der Waals surface area contributed by atoms with E-state index < -0.39 is 6.09 Å². The van der Waals surface area contributed by atoms with Gasteiger partial charge in [-0.25, -0.2) is 9.78 Å². The van der Waals surface area contributed by atoms with Crippen molar-refractivity contribution in [3.05, 3.63) is 50.9 Å². The summed E-state index contributed by atoms with van der Waals surface area (Å²) in [5.41, 5.74) is 2.11. The standard InChI is InChI=1S/C22H24N4O5S2/c1-30-8-9-31-22(29)24-14-5-2-4-13(10-14)23-18(27)12-32-11-17-25-20(28)19-15-6-3-7-16(15)33-21(19)26-17/h2,4-5,10H,3,6-9,11-12H2,1H3,(H,23,27)(H,24,29)(H,25,26,28). The number of anilines is 2. The molecule has 0 spiro atoms. The Balaban J connectivity index is 1.28. The summed E-state index contributed by atoms with van der Waals surface area (Å²) in [7, 11) is 1.52. The van der Waals surface area contributed by atoms with Gasteiger partial charge in [0.05, 0.1) is 23.5 Å². The number of aromatic amines is 1. The molecule has 0 radical (unpaired) electrons. The molecule has 174 valence electrons. The van der Waals surface area contributed by atoms with Crippen LogP contribution in [0, 0.1) is 0 Å². The minimum atomic E-state index is -0.597. The molecule has 0 fully saturated rings. The van der Waals surface area contributed by atoms with E-state index in [4.69, 9.17) is 9.47 Å². The van der Waals surface area contributed by atoms with Crippen LogP contribution in [-0.4, -0.2) is 48.0 Å². The molecule has 2 amide bonds. The second kappa shape index (κ2) is 10.8. The van der Waals surface area contributed by atoms with E-state index in [0.29, 0.717) is 29.6 Å². The van der Waals surface area contributed by atoms with E-state index in [2.05, 4.69) is 20.6 Å². The van der Waals surface area contributed by atoms with Crippen molar-refractivity contribution in [2.45, 2.75) is 25.0 Å². The van der Waals surface area contributed by atoms with E-state index in [1.807, 2.05) is 0 Å². The van der Waals surface area contributed by atoms with Gasteiger partial charge in [-0.15, -0.1) is 23.1 Å². The van der Waals surface area contributed by atoms with Crippen molar-refractivity contribution in [3.8, 4) is 0 Å². The molecule has 0 aliphatic heterocycles. The van der Waals surface area contributed by atoms with Crippen LogP contribution in [0.1, 0.15) is 22.7 Å². The van der Waals surface area contributed by atoms with Crippen molar-refractivity contribution in [1.82, 2.24) is 9.97 Å². The van der Waals surface area contributed by atoms with Crippen LogP contribution < -0.4 is 16.2 Å². The first kappa shape index (κ1) is 23.3. The number of hydrogen-bond donors (Lipinski definition) is 3. The smallest absolute Gasteiger partial charge is 0.411 e. The molecule has 1 aliphatic rings. The summed E-state index contributed by atoms with van der Waals surface area (Å²) in [5, 5.41) is 6.13. The van der Waals surface area contributed by atoms with Gasteiger partial charge in [0, 0.05) is 23.4 Å². The number of methoxy groups -OCH3 is 1. The quantitative estimate of drug-likeness (QED) is 0.394. The second-order valence-corrected chi connectivity index (χ2v) is 9.49. The third kappa shape index (κ3) is 5.92. The Morgan fingerprint density at radius 3 is 2.85 bits per heavy atom. The van der Waals surface area contributed by atoms with Crippen LogP contribution in [0.15, 0.2) is 29.1 Å². The van der Waals surface area contributed by atoms with E-state index in [9.17, 15) is 14.4 Å². The highest BCUT2D eigenvalue weighted by atomic mass is 32.2. The number of thioether (sulfide) groups is 1. The van der Waals surface area contributed by atoms with Crippen LogP contribution >= 0.6 is 23.1 Å². The van der Waals surface area contributed by atoms with Crippen LogP contribution in [0.3, 0.4) is 0 Å². The first-order chi connectivity index (χ1) is 16.0. The highest BCUT2D eigenvalue weighted by molar-refractivity contribution is 7.99. The number of aryl methyl sites for hydroxylation is 2. The van der Waals surface area contributed by atoms with Gasteiger partial charge in [0.1, 0.15) is 17.3 Å². The lowest BCUT2D eigenvalue weighted by Crippen LogP contribution is -2.17. The van der Waals surface area contributed by atoms with Crippen LogP contribution in [-0.2, 0) is 32.9 Å². The van der Waals surface area contributed by atoms with Crippen molar-refractivity contribution in [2.24, 2.45) is 0 Å². The number of nitrogens with zero attached hydrogens (tertiary/aromatic N) is 1. The Labute approximate surface area is 198 Å². The zero-order chi connectivity index (χ0) is 23.2. The van der Waals surface area contributed by atoms with Gasteiger partial charge in [-0.2, -0.15) is 0 Å². The van der Waals surface area contributed by atoms with Gasteiger partial charge in [-0.3, -0.25) is 14.9 Å². The van der Waals surface area contributed by atoms with Gasteiger partial charge in [-0.05, 0) is 43.0 Å². The molecule has 1 aromatic carbocycles. The number of rotatable bonds is 9. The molecule has 0 unspecified atom stereocenters. The van der Waals surface area contributed by atoms with E-state index >= 15 is 0 Å². The molecular weight excluding hydrogens is 464 g/mol. The van der Waals surface area contributed by atoms with E-state index in [-0.39, 0.29) is 23.8 Å². The molecule has 2 aromatic heterocycles. The number of benzene rings is 1. The number of H-pyrrole nitrogens is 1. The SMILES string of the molecule is COCCOC(=O)Nc1cccc(NC(=O)CSCc2nc3sc4c(c3c(=O)[nH]2)CCC4)c1. The van der Waals surface area contributed by atoms with Gasteiger partial charge >= 0.3 is 6.09 Å². The van der Waals surface area contributed by atoms with Crippen molar-refractivity contribution >= 4 is 56.7 Å². The average Bonchev–Trinajstić information content (AvgIpc) is 3.35. The lowest BCUT2D eigenvalue weighted by atomic mass is 10.2. The lowest BCUT2D eigenvalue weighted by molar-refractivity contribution is -0.113. The number of ether oxygens (including phenoxy) is 2. The molecule has 4 rings (SSSR count). The Morgan fingerprint density at radius 2 is 2.03 bits per heavy atom. The van der Waals surface area contributed by atoms with E-state index in [0.717, 1.165) is 35.0 Å². The fraction of sp³-hybridized carbons (Fsp3) is 0.364. The maximum Gasteiger partial charge on any atom is 0.411 e. The number of fused-ring (bicyclic) bond motifs is 3. The molecule has 1 aliphatic carbocycles. The minimum absolute atomic E-state index is 0.0930. The molecular formula is C22H24N4O5S2. The Morgan fingerprint density at radius 1 is 1.21 bits per heavy atom. The third-order valence-electron chi connectivity index (χ3n) is 5.01. The van der Waals surface area contributed by atoms with E-state index in [1.165, 1.54) is 23.7 Å². The summed E-state index contributed by atoms with van der Waals surface area (Å²) >= 11 is 2.97. The maximum absolute atomic E-state index is 12.5. The zero-order valence-electron chi connectivity index (χ0n) is 18.1. The molecule has 0 atom stereocenters. The normalized spacial score (nSPS) is 12.5.